The molecule has 0 radical (unpaired) electrons. The fourth-order valence-electron chi connectivity index (χ4n) is 5.18. The van der Waals surface area contributed by atoms with Crippen molar-refractivity contribution in [3.63, 3.8) is 0 Å². The van der Waals surface area contributed by atoms with E-state index in [2.05, 4.69) is 0 Å². The van der Waals surface area contributed by atoms with Crippen LogP contribution >= 0.6 is 0 Å². The Morgan fingerprint density at radius 2 is 1.00 bits per heavy atom. The summed E-state index contributed by atoms with van der Waals surface area (Å²) in [6.45, 7) is 0. The Hall–Kier alpha value is -5.14. The quantitative estimate of drug-likeness (QED) is 0.215. The Labute approximate surface area is 249 Å². The molecule has 7 aromatic carbocycles. The minimum atomic E-state index is -0.709. The van der Waals surface area contributed by atoms with Crippen molar-refractivity contribution in [2.75, 3.05) is 0 Å². The molecule has 0 saturated carbocycles. The predicted octanol–water partition coefficient (Wildman–Crippen LogP) is 10.9. The first-order chi connectivity index (χ1) is 26.0. The smallest absolute Gasteiger partial charge is 0.136 e. The lowest BCUT2D eigenvalue weighted by atomic mass is 9.86. The minimum absolute atomic E-state index is 0.0448. The topological polar surface area (TPSA) is 13.1 Å². The molecule has 8 aromatic rings. The molecule has 0 amide bonds. The molecule has 1 heteroatoms. The zero-order valence-electron chi connectivity index (χ0n) is 36.0. The molecule has 0 aliphatic heterocycles. The van der Waals surface area contributed by atoms with Crippen LogP contribution in [0.5, 0.6) is 0 Å². The number of hydrogen-bond acceptors (Lipinski definition) is 1. The highest BCUT2D eigenvalue weighted by Gasteiger charge is 2.18. The Bertz CT molecular complexity index is 2940. The highest BCUT2D eigenvalue weighted by atomic mass is 16.3. The summed E-state index contributed by atoms with van der Waals surface area (Å²) in [5, 5.41) is 1.26. The standard InChI is InChI=1S/C38H24O/c1-3-12-25(13-4-1)28-20-11-21-34-38(28)33-23-22-27(24-35(33)39-34)37-31-18-9-7-16-29(31)36(26-14-5-2-6-15-26)30-17-8-10-19-32(30)37/h1-24H/i1D,2D,3D,4D,5D,6D,11D,12D,13D,14D,15D,20D,21D,22D,23D,24D. The molecule has 0 fully saturated rings. The van der Waals surface area contributed by atoms with Crippen LogP contribution in [0.25, 0.3) is 76.9 Å². The molecule has 1 heterocycles. The van der Waals surface area contributed by atoms with Gasteiger partial charge < -0.3 is 4.42 Å². The van der Waals surface area contributed by atoms with E-state index >= 15 is 0 Å². The van der Waals surface area contributed by atoms with Gasteiger partial charge in [0.1, 0.15) is 11.2 Å². The van der Waals surface area contributed by atoms with Crippen LogP contribution in [-0.4, -0.2) is 0 Å². The van der Waals surface area contributed by atoms with Crippen molar-refractivity contribution in [1.29, 1.82) is 0 Å². The largest absolute Gasteiger partial charge is 0.456 e. The zero-order valence-corrected chi connectivity index (χ0v) is 20.0. The Kier molecular flexibility index (Phi) is 2.53. The maximum Gasteiger partial charge on any atom is 0.136 e. The van der Waals surface area contributed by atoms with Crippen molar-refractivity contribution in [2.24, 2.45) is 0 Å². The van der Waals surface area contributed by atoms with E-state index in [0.29, 0.717) is 32.7 Å². The number of benzene rings is 7. The summed E-state index contributed by atoms with van der Waals surface area (Å²) in [6.07, 6.45) is 0. The Morgan fingerprint density at radius 3 is 1.62 bits per heavy atom. The molecule has 0 N–H and O–H groups in total. The second kappa shape index (κ2) is 8.72. The van der Waals surface area contributed by atoms with Crippen LogP contribution in [0, 0.1) is 0 Å². The van der Waals surface area contributed by atoms with Gasteiger partial charge in [0.15, 0.2) is 0 Å². The van der Waals surface area contributed by atoms with E-state index in [1.165, 1.54) is 0 Å². The summed E-state index contributed by atoms with van der Waals surface area (Å²) in [7, 11) is 0. The van der Waals surface area contributed by atoms with Crippen LogP contribution in [0.4, 0.5) is 0 Å². The molecule has 8 rings (SSSR count). The second-order valence-corrected chi connectivity index (χ2v) is 8.85. The number of hydrogen-bond donors (Lipinski definition) is 0. The highest BCUT2D eigenvalue weighted by molar-refractivity contribution is 6.22. The fraction of sp³-hybridized carbons (Fsp3) is 0. The van der Waals surface area contributed by atoms with Crippen LogP contribution in [0.1, 0.15) is 21.9 Å². The van der Waals surface area contributed by atoms with Gasteiger partial charge >= 0.3 is 0 Å². The van der Waals surface area contributed by atoms with Crippen LogP contribution in [0.15, 0.2) is 150 Å². The van der Waals surface area contributed by atoms with E-state index in [1.54, 1.807) is 48.5 Å². The maximum atomic E-state index is 9.56. The third kappa shape index (κ3) is 3.41. The monoisotopic (exact) mass is 512 g/mol. The van der Waals surface area contributed by atoms with Crippen LogP contribution in [0.3, 0.4) is 0 Å². The molecule has 0 bridgehead atoms. The normalized spacial score (nSPS) is 17.3. The molecule has 39 heavy (non-hydrogen) atoms. The summed E-state index contributed by atoms with van der Waals surface area (Å²) in [6, 6.07) is 4.30. The lowest BCUT2D eigenvalue weighted by molar-refractivity contribution is 0.669. The van der Waals surface area contributed by atoms with Gasteiger partial charge in [0.2, 0.25) is 0 Å². The van der Waals surface area contributed by atoms with Gasteiger partial charge in [-0.05, 0) is 73.1 Å². The number of fused-ring (bicyclic) bond motifs is 5. The van der Waals surface area contributed by atoms with Gasteiger partial charge in [-0.25, -0.2) is 0 Å². The third-order valence-corrected chi connectivity index (χ3v) is 6.75. The Morgan fingerprint density at radius 1 is 0.436 bits per heavy atom. The highest BCUT2D eigenvalue weighted by Crippen LogP contribution is 2.45. The first-order valence-corrected chi connectivity index (χ1v) is 12.1. The van der Waals surface area contributed by atoms with Gasteiger partial charge in [-0.15, -0.1) is 0 Å². The number of furan rings is 1. The molecule has 0 spiro atoms. The van der Waals surface area contributed by atoms with Crippen molar-refractivity contribution < 1.29 is 26.3 Å². The minimum Gasteiger partial charge on any atom is -0.456 e. The van der Waals surface area contributed by atoms with Gasteiger partial charge in [0.25, 0.3) is 0 Å². The van der Waals surface area contributed by atoms with Crippen LogP contribution in [0.2, 0.25) is 0 Å². The molecule has 0 saturated heterocycles. The molecule has 182 valence electrons. The molecule has 0 atom stereocenters. The Balaban J connectivity index is 1.56. The first kappa shape index (κ1) is 11.3. The zero-order chi connectivity index (χ0) is 39.7. The third-order valence-electron chi connectivity index (χ3n) is 6.75. The summed E-state index contributed by atoms with van der Waals surface area (Å²) < 4.78 is 145. The summed E-state index contributed by atoms with van der Waals surface area (Å²) in [4.78, 5) is 0. The SMILES string of the molecule is [2H]c1c([2H])c([2H])c(-c2c3ccccc3c(-c3c([2H])c([2H])c4c(oc5c([2H])c([2H])c([2H])c(-c6c([2H])c([2H])c([2H])c([2H])c6[2H])c54)c3[2H])c3ccccc23)c([2H])c1[2H]. The average molecular weight is 513 g/mol. The van der Waals surface area contributed by atoms with E-state index in [-0.39, 0.29) is 38.6 Å². The van der Waals surface area contributed by atoms with E-state index < -0.39 is 102 Å². The van der Waals surface area contributed by atoms with Crippen molar-refractivity contribution >= 4 is 43.5 Å². The second-order valence-electron chi connectivity index (χ2n) is 8.85. The summed E-state index contributed by atoms with van der Waals surface area (Å²) in [5.74, 6) is 0. The van der Waals surface area contributed by atoms with Gasteiger partial charge in [0.05, 0.1) is 21.9 Å². The van der Waals surface area contributed by atoms with E-state index in [9.17, 15) is 4.11 Å². The summed E-state index contributed by atoms with van der Waals surface area (Å²) in [5.41, 5.74) is -1.00. The van der Waals surface area contributed by atoms with Gasteiger partial charge in [-0.2, -0.15) is 0 Å². The fourth-order valence-corrected chi connectivity index (χ4v) is 5.18. The van der Waals surface area contributed by atoms with Crippen molar-refractivity contribution in [2.45, 2.75) is 0 Å². The van der Waals surface area contributed by atoms with Crippen LogP contribution < -0.4 is 0 Å². The lowest BCUT2D eigenvalue weighted by Gasteiger charge is -2.17. The van der Waals surface area contributed by atoms with E-state index in [0.717, 1.165) is 0 Å². The molecular weight excluding hydrogens is 472 g/mol. The molecule has 0 unspecified atom stereocenters. The predicted molar refractivity (Wildman–Crippen MR) is 165 cm³/mol. The van der Waals surface area contributed by atoms with Gasteiger partial charge in [0, 0.05) is 10.8 Å². The maximum absolute atomic E-state index is 9.56. The van der Waals surface area contributed by atoms with Crippen LogP contribution in [-0.2, 0) is 0 Å². The van der Waals surface area contributed by atoms with Crippen molar-refractivity contribution in [1.82, 2.24) is 0 Å². The lowest BCUT2D eigenvalue weighted by Crippen LogP contribution is -1.90. The molecule has 1 nitrogen and oxygen atoms in total. The summed E-state index contributed by atoms with van der Waals surface area (Å²) >= 11 is 0. The molecule has 1 aromatic heterocycles. The van der Waals surface area contributed by atoms with E-state index in [4.69, 9.17) is 22.2 Å². The molecule has 0 aliphatic rings. The number of rotatable bonds is 3. The van der Waals surface area contributed by atoms with Gasteiger partial charge in [-0.1, -0.05) is 127 Å². The van der Waals surface area contributed by atoms with E-state index in [1.807, 2.05) is 0 Å². The van der Waals surface area contributed by atoms with Gasteiger partial charge in [-0.3, -0.25) is 0 Å². The first-order valence-electron chi connectivity index (χ1n) is 20.1. The molecular formula is C38H24O. The van der Waals surface area contributed by atoms with Crippen molar-refractivity contribution in [3.05, 3.63) is 145 Å². The van der Waals surface area contributed by atoms with Crippen molar-refractivity contribution in [3.8, 4) is 33.4 Å². The average Bonchev–Trinajstić information content (AvgIpc) is 3.59. The molecule has 0 aliphatic carbocycles.